The first-order valence-electron chi connectivity index (χ1n) is 33.6. The van der Waals surface area contributed by atoms with E-state index in [0.29, 0.717) is 120 Å². The monoisotopic (exact) mass is 1580 g/mol. The van der Waals surface area contributed by atoms with Gasteiger partial charge in [-0.3, -0.25) is 0 Å². The summed E-state index contributed by atoms with van der Waals surface area (Å²) in [6, 6.07) is 27.9. The molecule has 12 aromatic rings. The second-order valence-electron chi connectivity index (χ2n) is 23.6. The molecule has 33 heteroatoms. The third-order valence-electron chi connectivity index (χ3n) is 14.8. The molecular weight excluding hydrogens is 1500 g/mol. The molecule has 0 fully saturated rings. The number of nitrogen functional groups attached to an aromatic ring is 4. The summed E-state index contributed by atoms with van der Waals surface area (Å²) >= 11 is 3.26. The van der Waals surface area contributed by atoms with E-state index in [1.165, 1.54) is 32.8 Å². The molecule has 9 N–H and O–H groups in total. The SMILES string of the molecule is C=C(C)c1cnc(OC)cc1Oc1cnc(C)nc1N.CCc1cnc(OC)cc1Oc1cnc(C)nc1N.COc1cc(Oc2cnc(C)nc2N)c(-c2ccccc2)cn1.COc1cc(Oc2cnc(C)nc2N)c(C#Cc2ccccc2)cn1.Cc1ncc(Oc2cc(Br)ncc2C(C)C)c(NCC(F)(F)F)n1. The van der Waals surface area contributed by atoms with Gasteiger partial charge in [0.05, 0.1) is 71.2 Å². The molecule has 0 spiro atoms. The minimum atomic E-state index is -4.36. The Kier molecular flexibility index (Phi) is 29.8. The van der Waals surface area contributed by atoms with Gasteiger partial charge in [-0.25, -0.2) is 74.8 Å². The summed E-state index contributed by atoms with van der Waals surface area (Å²) in [7, 11) is 6.18. The van der Waals surface area contributed by atoms with Crippen molar-refractivity contribution in [3.05, 3.63) is 221 Å². The van der Waals surface area contributed by atoms with Crippen molar-refractivity contribution in [3.8, 4) is 104 Å². The number of pyridine rings is 5. The van der Waals surface area contributed by atoms with Crippen molar-refractivity contribution in [1.82, 2.24) is 74.8 Å². The number of aromatic nitrogens is 15. The van der Waals surface area contributed by atoms with Gasteiger partial charge in [0.25, 0.3) is 0 Å². The van der Waals surface area contributed by atoms with E-state index >= 15 is 0 Å². The molecule has 10 heterocycles. The van der Waals surface area contributed by atoms with Crippen molar-refractivity contribution in [2.45, 2.75) is 80.8 Å². The summed E-state index contributed by atoms with van der Waals surface area (Å²) < 4.78 is 87.5. The zero-order valence-corrected chi connectivity index (χ0v) is 64.4. The summed E-state index contributed by atoms with van der Waals surface area (Å²) in [5.41, 5.74) is 30.1. The average molecular weight is 1580 g/mol. The number of hydrogen-bond acceptors (Lipinski definition) is 29. The van der Waals surface area contributed by atoms with Crippen LogP contribution in [-0.2, 0) is 6.42 Å². The number of alkyl halides is 3. The second kappa shape index (κ2) is 39.8. The lowest BCUT2D eigenvalue weighted by atomic mass is 10.1. The maximum absolute atomic E-state index is 12.5. The first kappa shape index (κ1) is 83.0. The smallest absolute Gasteiger partial charge is 0.405 e. The number of methoxy groups -OCH3 is 4. The Bertz CT molecular complexity index is 5220. The molecule has 0 aliphatic heterocycles. The van der Waals surface area contributed by atoms with Gasteiger partial charge in [-0.05, 0) is 93.1 Å². The fourth-order valence-corrected chi connectivity index (χ4v) is 9.59. The largest absolute Gasteiger partial charge is 0.481 e. The molecule has 0 radical (unpaired) electrons. The van der Waals surface area contributed by atoms with Gasteiger partial charge < -0.3 is 70.9 Å². The van der Waals surface area contributed by atoms with Crippen molar-refractivity contribution >= 4 is 50.6 Å². The highest BCUT2D eigenvalue weighted by Gasteiger charge is 2.28. The van der Waals surface area contributed by atoms with Gasteiger partial charge in [-0.2, -0.15) is 13.2 Å². The normalized spacial score (nSPS) is 10.5. The quantitative estimate of drug-likeness (QED) is 0.0349. The number of rotatable bonds is 20. The van der Waals surface area contributed by atoms with Gasteiger partial charge >= 0.3 is 6.18 Å². The summed E-state index contributed by atoms with van der Waals surface area (Å²) in [5, 5.41) is 2.25. The fraction of sp³-hybridized carbons (Fsp3) is 0.218. The van der Waals surface area contributed by atoms with Crippen LogP contribution < -0.4 is 70.9 Å². The topological polar surface area (TPSA) is 393 Å². The number of benzene rings is 2. The van der Waals surface area contributed by atoms with Gasteiger partial charge in [-0.1, -0.05) is 87.7 Å². The van der Waals surface area contributed by atoms with Crippen LogP contribution >= 0.6 is 15.9 Å². The highest BCUT2D eigenvalue weighted by molar-refractivity contribution is 9.10. The third-order valence-corrected chi connectivity index (χ3v) is 15.3. The van der Waals surface area contributed by atoms with E-state index in [-0.39, 0.29) is 34.9 Å². The van der Waals surface area contributed by atoms with Crippen LogP contribution in [0.2, 0.25) is 0 Å². The first-order valence-corrected chi connectivity index (χ1v) is 34.4. The van der Waals surface area contributed by atoms with Gasteiger partial charge in [0, 0.05) is 82.9 Å². The Morgan fingerprint density at radius 2 is 0.883 bits per heavy atom. The van der Waals surface area contributed by atoms with E-state index in [1.54, 1.807) is 123 Å². The van der Waals surface area contributed by atoms with Gasteiger partial charge in [0.1, 0.15) is 69.0 Å². The number of halogens is 4. The molecule has 0 saturated carbocycles. The standard InChI is InChI=1S/C19H16N4O2.C17H16N4O2.C15H16BrF3N4O.C14H16N4O2.C13H16N4O2/c1-13-21-12-17(19(20)23-13)25-16-10-18(24-2)22-11-15(16)9-8-14-6-4-3-5-7-14;1-11-19-10-15(17(18)21-11)23-14-8-16(22-2)20-9-13(14)12-6-4-3-5-7-12;1-8(2)10-5-21-13(16)4-11(10)24-12-6-20-9(3)23-14(12)22-7-15(17,18)19;1-8(2)10-6-17-13(19-4)5-11(10)20-12-7-16-9(3)18-14(12)15;1-4-9-6-16-12(18-3)5-10(9)19-11-7-15-8(2)17-13(11)14/h3-7,10-12H,1-2H3,(H2,20,21,23);3-10H,1-2H3,(H2,18,19,21);4-6,8H,7H2,1-3H3,(H,20,22,23);5-7H,1H2,2-4H3,(H2,15,16,18);5-7H,4H2,1-3H3,(H2,14,15,17). The molecule has 0 atom stereocenters. The lowest BCUT2D eigenvalue weighted by molar-refractivity contribution is -0.115. The second-order valence-corrected chi connectivity index (χ2v) is 24.4. The molecule has 574 valence electrons. The Hall–Kier alpha value is -13.6. The van der Waals surface area contributed by atoms with E-state index in [2.05, 4.69) is 114 Å². The Morgan fingerprint density at radius 1 is 0.468 bits per heavy atom. The zero-order valence-electron chi connectivity index (χ0n) is 62.8. The number of nitrogens with two attached hydrogens (primary N) is 4. The van der Waals surface area contributed by atoms with E-state index in [4.69, 9.17) is 65.6 Å². The van der Waals surface area contributed by atoms with Crippen LogP contribution in [0.15, 0.2) is 164 Å². The van der Waals surface area contributed by atoms with Crippen molar-refractivity contribution in [1.29, 1.82) is 0 Å². The minimum absolute atomic E-state index is 0.0116. The molecular formula is C78H80BrF3N20O9. The zero-order chi connectivity index (χ0) is 80.3. The lowest BCUT2D eigenvalue weighted by Crippen LogP contribution is -2.22. The van der Waals surface area contributed by atoms with Crippen molar-refractivity contribution in [2.24, 2.45) is 0 Å². The first-order chi connectivity index (χ1) is 53.1. The number of nitrogens with one attached hydrogen (secondary N) is 1. The number of ether oxygens (including phenoxy) is 9. The predicted molar refractivity (Wildman–Crippen MR) is 418 cm³/mol. The molecule has 0 aliphatic carbocycles. The number of nitrogens with zero attached hydrogens (tertiary/aromatic N) is 15. The maximum atomic E-state index is 12.5. The lowest BCUT2D eigenvalue weighted by Gasteiger charge is -2.16. The van der Waals surface area contributed by atoms with E-state index in [9.17, 15) is 13.2 Å². The summed E-state index contributed by atoms with van der Waals surface area (Å²) in [6.45, 7) is 19.1. The molecule has 0 aliphatic rings. The van der Waals surface area contributed by atoms with E-state index in [1.807, 2.05) is 88.4 Å². The minimum Gasteiger partial charge on any atom is -0.481 e. The average Bonchev–Trinajstić information content (AvgIpc) is 0.830. The summed E-state index contributed by atoms with van der Waals surface area (Å²) in [4.78, 5) is 61.5. The molecule has 111 heavy (non-hydrogen) atoms. The number of aryl methyl sites for hydroxylation is 6. The van der Waals surface area contributed by atoms with Crippen molar-refractivity contribution in [3.63, 3.8) is 0 Å². The fourth-order valence-electron chi connectivity index (χ4n) is 9.28. The van der Waals surface area contributed by atoms with Crippen LogP contribution in [0.1, 0.15) is 90.6 Å². The Morgan fingerprint density at radius 3 is 1.36 bits per heavy atom. The predicted octanol–water partition coefficient (Wildman–Crippen LogP) is 15.7. The van der Waals surface area contributed by atoms with Crippen LogP contribution in [0.4, 0.5) is 42.3 Å². The van der Waals surface area contributed by atoms with E-state index in [0.717, 1.165) is 45.4 Å². The molecule has 0 amide bonds. The molecule has 12 rings (SSSR count). The van der Waals surface area contributed by atoms with Gasteiger partial charge in [-0.15, -0.1) is 0 Å². The van der Waals surface area contributed by atoms with Crippen molar-refractivity contribution < 1.29 is 55.8 Å². The van der Waals surface area contributed by atoms with Crippen molar-refractivity contribution in [2.75, 3.05) is 63.2 Å². The van der Waals surface area contributed by atoms with Crippen LogP contribution in [0.5, 0.6) is 81.0 Å². The Balaban J connectivity index is 0.000000175. The Labute approximate surface area is 647 Å². The molecule has 2 aromatic carbocycles. The van der Waals surface area contributed by atoms with Gasteiger partial charge in [0.2, 0.25) is 23.5 Å². The summed E-state index contributed by atoms with van der Waals surface area (Å²) in [5.74, 6) is 16.2. The number of anilines is 5. The highest BCUT2D eigenvalue weighted by atomic mass is 79.9. The van der Waals surface area contributed by atoms with Crippen LogP contribution in [0.25, 0.3) is 16.7 Å². The van der Waals surface area contributed by atoms with E-state index < -0.39 is 12.7 Å². The molecule has 29 nitrogen and oxygen atoms in total. The number of hydrogen-bond donors (Lipinski definition) is 5. The van der Waals surface area contributed by atoms with Crippen LogP contribution in [-0.4, -0.2) is 116 Å². The summed E-state index contributed by atoms with van der Waals surface area (Å²) in [6.07, 6.45) is 12.3. The molecule has 10 aromatic heterocycles. The molecule has 0 saturated heterocycles. The van der Waals surface area contributed by atoms with Crippen LogP contribution in [0, 0.1) is 46.5 Å². The number of allylic oxidation sites excluding steroid dienone is 1. The van der Waals surface area contributed by atoms with Gasteiger partial charge in [0.15, 0.2) is 57.8 Å². The third kappa shape index (κ3) is 25.0. The maximum Gasteiger partial charge on any atom is 0.405 e. The van der Waals surface area contributed by atoms with Crippen LogP contribution in [0.3, 0.4) is 0 Å². The molecule has 0 unspecified atom stereocenters. The molecule has 0 bridgehead atoms. The highest BCUT2D eigenvalue weighted by Crippen LogP contribution is 2.39.